The smallest absolute Gasteiger partial charge is 0.110 e. The molecule has 2 heterocycles. The van der Waals surface area contributed by atoms with Gasteiger partial charge < -0.3 is 5.73 Å². The van der Waals surface area contributed by atoms with E-state index in [0.717, 1.165) is 25.9 Å². The van der Waals surface area contributed by atoms with Crippen LogP contribution in [0.25, 0.3) is 0 Å². The average Bonchev–Trinajstić information content (AvgIpc) is 2.80. The molecule has 2 rings (SSSR count). The van der Waals surface area contributed by atoms with Gasteiger partial charge in [0.15, 0.2) is 0 Å². The first-order valence-electron chi connectivity index (χ1n) is 6.56. The second-order valence-corrected chi connectivity index (χ2v) is 6.27. The number of hydrogen-bond acceptors (Lipinski definition) is 4. The molecular weight excluding hydrogens is 230 g/mol. The van der Waals surface area contributed by atoms with Crippen molar-refractivity contribution in [2.45, 2.75) is 45.7 Å². The van der Waals surface area contributed by atoms with Crippen LogP contribution in [0.4, 0.5) is 0 Å². The number of aryl methyl sites for hydroxylation is 1. The number of rotatable bonds is 3. The van der Waals surface area contributed by atoms with Crippen LogP contribution in [0.3, 0.4) is 0 Å². The minimum atomic E-state index is 0.376. The second kappa shape index (κ2) is 5.46. The first kappa shape index (κ1) is 13.0. The predicted octanol–water partition coefficient (Wildman–Crippen LogP) is 2.44. The van der Waals surface area contributed by atoms with Gasteiger partial charge in [0.2, 0.25) is 0 Å². The highest BCUT2D eigenvalue weighted by Crippen LogP contribution is 2.28. The Labute approximate surface area is 108 Å². The number of likely N-dealkylation sites (tertiary alicyclic amines) is 1. The number of thiazole rings is 1. The molecule has 0 aliphatic carbocycles. The summed E-state index contributed by atoms with van der Waals surface area (Å²) in [6.07, 6.45) is 4.22. The number of nitrogens with zero attached hydrogens (tertiary/aromatic N) is 2. The third-order valence-electron chi connectivity index (χ3n) is 3.83. The van der Waals surface area contributed by atoms with Crippen LogP contribution in [0.1, 0.15) is 43.1 Å². The fraction of sp³-hybridized carbons (Fsp3) is 0.769. The number of nitrogens with two attached hydrogens (primary N) is 1. The molecule has 3 unspecified atom stereocenters. The van der Waals surface area contributed by atoms with E-state index in [9.17, 15) is 0 Å². The Morgan fingerprint density at radius 1 is 1.65 bits per heavy atom. The maximum atomic E-state index is 6.07. The molecule has 0 radical (unpaired) electrons. The van der Waals surface area contributed by atoms with Gasteiger partial charge in [-0.15, -0.1) is 11.3 Å². The number of hydrogen-bond donors (Lipinski definition) is 1. The van der Waals surface area contributed by atoms with Crippen LogP contribution >= 0.6 is 11.3 Å². The zero-order chi connectivity index (χ0) is 12.4. The van der Waals surface area contributed by atoms with E-state index in [-0.39, 0.29) is 0 Å². The molecule has 0 aromatic carbocycles. The van der Waals surface area contributed by atoms with Gasteiger partial charge in [-0.25, -0.2) is 4.98 Å². The summed E-state index contributed by atoms with van der Waals surface area (Å²) in [7, 11) is 0. The lowest BCUT2D eigenvalue weighted by atomic mass is 9.94. The minimum absolute atomic E-state index is 0.376. The molecule has 96 valence electrons. The van der Waals surface area contributed by atoms with Crippen molar-refractivity contribution in [3.8, 4) is 0 Å². The molecule has 1 aliphatic heterocycles. The SMILES string of the molecule is CCc1cnc(C(C)N2CCC(N)C(C)C2)s1. The van der Waals surface area contributed by atoms with Crippen molar-refractivity contribution < 1.29 is 0 Å². The Hall–Kier alpha value is -0.450. The van der Waals surface area contributed by atoms with Gasteiger partial charge in [-0.3, -0.25) is 4.90 Å². The molecule has 0 spiro atoms. The van der Waals surface area contributed by atoms with E-state index in [1.807, 2.05) is 17.5 Å². The molecule has 1 aromatic heterocycles. The van der Waals surface area contributed by atoms with E-state index >= 15 is 0 Å². The summed E-state index contributed by atoms with van der Waals surface area (Å²) >= 11 is 1.85. The van der Waals surface area contributed by atoms with Gasteiger partial charge in [-0.2, -0.15) is 0 Å². The predicted molar refractivity (Wildman–Crippen MR) is 73.2 cm³/mol. The van der Waals surface area contributed by atoms with Crippen LogP contribution in [-0.2, 0) is 6.42 Å². The van der Waals surface area contributed by atoms with Crippen molar-refractivity contribution in [3.63, 3.8) is 0 Å². The topological polar surface area (TPSA) is 42.2 Å². The van der Waals surface area contributed by atoms with Gasteiger partial charge in [0.25, 0.3) is 0 Å². The third-order valence-corrected chi connectivity index (χ3v) is 5.14. The average molecular weight is 253 g/mol. The first-order valence-corrected chi connectivity index (χ1v) is 7.37. The fourth-order valence-electron chi connectivity index (χ4n) is 2.38. The molecule has 1 aromatic rings. The summed E-state index contributed by atoms with van der Waals surface area (Å²) in [5.41, 5.74) is 6.07. The molecule has 3 atom stereocenters. The molecule has 2 N–H and O–H groups in total. The largest absolute Gasteiger partial charge is 0.327 e. The molecule has 0 saturated carbocycles. The van der Waals surface area contributed by atoms with Crippen molar-refractivity contribution in [2.24, 2.45) is 11.7 Å². The maximum Gasteiger partial charge on any atom is 0.110 e. The number of piperidine rings is 1. The summed E-state index contributed by atoms with van der Waals surface area (Å²) in [6.45, 7) is 8.91. The van der Waals surface area contributed by atoms with Gasteiger partial charge in [-0.05, 0) is 25.7 Å². The zero-order valence-electron chi connectivity index (χ0n) is 11.0. The lowest BCUT2D eigenvalue weighted by Crippen LogP contribution is -2.46. The van der Waals surface area contributed by atoms with Crippen LogP contribution in [0.2, 0.25) is 0 Å². The van der Waals surface area contributed by atoms with Crippen LogP contribution in [0.15, 0.2) is 6.20 Å². The zero-order valence-corrected chi connectivity index (χ0v) is 11.8. The highest BCUT2D eigenvalue weighted by atomic mass is 32.1. The molecular formula is C13H23N3S. The summed E-state index contributed by atoms with van der Waals surface area (Å²) in [4.78, 5) is 8.45. The van der Waals surface area contributed by atoms with Gasteiger partial charge in [-0.1, -0.05) is 13.8 Å². The molecule has 17 heavy (non-hydrogen) atoms. The van der Waals surface area contributed by atoms with Crippen molar-refractivity contribution in [2.75, 3.05) is 13.1 Å². The molecule has 1 saturated heterocycles. The molecule has 0 amide bonds. The van der Waals surface area contributed by atoms with E-state index in [1.165, 1.54) is 9.88 Å². The van der Waals surface area contributed by atoms with Crippen LogP contribution in [-0.4, -0.2) is 29.0 Å². The summed E-state index contributed by atoms with van der Waals surface area (Å²) in [6, 6.07) is 0.816. The molecule has 3 nitrogen and oxygen atoms in total. The van der Waals surface area contributed by atoms with Crippen molar-refractivity contribution in [1.82, 2.24) is 9.88 Å². The highest BCUT2D eigenvalue weighted by Gasteiger charge is 2.27. The van der Waals surface area contributed by atoms with Crippen LogP contribution in [0.5, 0.6) is 0 Å². The van der Waals surface area contributed by atoms with E-state index in [1.54, 1.807) is 0 Å². The van der Waals surface area contributed by atoms with Crippen molar-refractivity contribution >= 4 is 11.3 Å². The normalized spacial score (nSPS) is 28.2. The van der Waals surface area contributed by atoms with Crippen LogP contribution in [0, 0.1) is 5.92 Å². The molecule has 0 bridgehead atoms. The van der Waals surface area contributed by atoms with E-state index in [4.69, 9.17) is 5.73 Å². The quantitative estimate of drug-likeness (QED) is 0.899. The summed E-state index contributed by atoms with van der Waals surface area (Å²) in [5, 5.41) is 1.25. The molecule has 1 fully saturated rings. The lowest BCUT2D eigenvalue weighted by Gasteiger charge is -2.38. The van der Waals surface area contributed by atoms with E-state index < -0.39 is 0 Å². The van der Waals surface area contributed by atoms with E-state index in [0.29, 0.717) is 18.0 Å². The van der Waals surface area contributed by atoms with Gasteiger partial charge in [0, 0.05) is 30.2 Å². The highest BCUT2D eigenvalue weighted by molar-refractivity contribution is 7.11. The summed E-state index contributed by atoms with van der Waals surface area (Å²) < 4.78 is 0. The molecule has 1 aliphatic rings. The first-order chi connectivity index (χ1) is 8.11. The monoisotopic (exact) mass is 253 g/mol. The van der Waals surface area contributed by atoms with E-state index in [2.05, 4.69) is 30.7 Å². The Bertz CT molecular complexity index is 363. The lowest BCUT2D eigenvalue weighted by molar-refractivity contribution is 0.124. The van der Waals surface area contributed by atoms with Crippen molar-refractivity contribution in [3.05, 3.63) is 16.1 Å². The van der Waals surface area contributed by atoms with Crippen molar-refractivity contribution in [1.29, 1.82) is 0 Å². The maximum absolute atomic E-state index is 6.07. The Balaban J connectivity index is 2.02. The van der Waals surface area contributed by atoms with Gasteiger partial charge in [0.05, 0.1) is 6.04 Å². The minimum Gasteiger partial charge on any atom is -0.327 e. The fourth-order valence-corrected chi connectivity index (χ4v) is 3.33. The third kappa shape index (κ3) is 2.87. The van der Waals surface area contributed by atoms with Gasteiger partial charge in [0.1, 0.15) is 5.01 Å². The van der Waals surface area contributed by atoms with Crippen LogP contribution < -0.4 is 5.73 Å². The second-order valence-electron chi connectivity index (χ2n) is 5.12. The Morgan fingerprint density at radius 3 is 3.00 bits per heavy atom. The molecule has 4 heteroatoms. The Kier molecular flexibility index (Phi) is 4.17. The standard InChI is InChI=1S/C13H23N3S/c1-4-11-7-15-13(17-11)10(3)16-6-5-12(14)9(2)8-16/h7,9-10,12H,4-6,8,14H2,1-3H3. The Morgan fingerprint density at radius 2 is 2.41 bits per heavy atom. The number of aromatic nitrogens is 1. The summed E-state index contributed by atoms with van der Waals surface area (Å²) in [5.74, 6) is 0.594. The van der Waals surface area contributed by atoms with Gasteiger partial charge >= 0.3 is 0 Å².